The summed E-state index contributed by atoms with van der Waals surface area (Å²) in [7, 11) is 1.71. The summed E-state index contributed by atoms with van der Waals surface area (Å²) in [4.78, 5) is 27.8. The average molecular weight is 298 g/mol. The highest BCUT2D eigenvalue weighted by Crippen LogP contribution is 2.41. The molecule has 0 aromatic carbocycles. The van der Waals surface area contributed by atoms with Gasteiger partial charge in [-0.1, -0.05) is 13.3 Å². The van der Waals surface area contributed by atoms with Gasteiger partial charge in [0.15, 0.2) is 0 Å². The van der Waals surface area contributed by atoms with Crippen molar-refractivity contribution in [3.05, 3.63) is 0 Å². The fourth-order valence-corrected chi connectivity index (χ4v) is 2.41. The number of nitrogens with zero attached hydrogens (tertiary/aromatic N) is 2. The van der Waals surface area contributed by atoms with E-state index < -0.39 is 5.60 Å². The molecule has 1 fully saturated rings. The molecular weight excluding hydrogens is 268 g/mol. The molecular formula is C16H30N2O3. The number of rotatable bonds is 5. The summed E-state index contributed by atoms with van der Waals surface area (Å²) in [5.74, 6) is 0.217. The summed E-state index contributed by atoms with van der Waals surface area (Å²) in [5, 5.41) is 0. The molecule has 0 bridgehead atoms. The Morgan fingerprint density at radius 3 is 2.14 bits per heavy atom. The van der Waals surface area contributed by atoms with Crippen LogP contribution in [0.4, 0.5) is 4.79 Å². The summed E-state index contributed by atoms with van der Waals surface area (Å²) in [6.45, 7) is 11.3. The van der Waals surface area contributed by atoms with Gasteiger partial charge in [0.1, 0.15) is 5.60 Å². The first-order valence-corrected chi connectivity index (χ1v) is 7.82. The second kappa shape index (κ2) is 6.67. The summed E-state index contributed by atoms with van der Waals surface area (Å²) in [6.07, 6.45) is 2.74. The first-order valence-electron chi connectivity index (χ1n) is 7.82. The van der Waals surface area contributed by atoms with E-state index >= 15 is 0 Å². The van der Waals surface area contributed by atoms with E-state index in [9.17, 15) is 9.59 Å². The topological polar surface area (TPSA) is 49.9 Å². The number of amides is 2. The van der Waals surface area contributed by atoms with Crippen LogP contribution in [-0.2, 0) is 9.53 Å². The molecule has 0 unspecified atom stereocenters. The van der Waals surface area contributed by atoms with Gasteiger partial charge < -0.3 is 14.5 Å². The highest BCUT2D eigenvalue weighted by atomic mass is 16.6. The number of ether oxygens (including phenoxy) is 1. The zero-order chi connectivity index (χ0) is 16.3. The lowest BCUT2D eigenvalue weighted by Gasteiger charge is -2.40. The van der Waals surface area contributed by atoms with E-state index in [1.807, 2.05) is 39.5 Å². The second-order valence-electron chi connectivity index (χ2n) is 7.20. The number of hydrogen-bond donors (Lipinski definition) is 0. The van der Waals surface area contributed by atoms with Crippen LogP contribution in [-0.4, -0.2) is 54.1 Å². The van der Waals surface area contributed by atoms with Gasteiger partial charge in [-0.3, -0.25) is 4.79 Å². The maximum Gasteiger partial charge on any atom is 0.410 e. The Bertz CT molecular complexity index is 383. The zero-order valence-electron chi connectivity index (χ0n) is 14.4. The van der Waals surface area contributed by atoms with Gasteiger partial charge in [0.25, 0.3) is 0 Å². The summed E-state index contributed by atoms with van der Waals surface area (Å²) in [6, 6.07) is 0. The summed E-state index contributed by atoms with van der Waals surface area (Å²) >= 11 is 0. The first-order chi connectivity index (χ1) is 9.59. The lowest BCUT2D eigenvalue weighted by Crippen LogP contribution is -2.48. The van der Waals surface area contributed by atoms with Crippen molar-refractivity contribution in [2.24, 2.45) is 5.41 Å². The molecule has 5 nitrogen and oxygen atoms in total. The van der Waals surface area contributed by atoms with Crippen LogP contribution in [0.15, 0.2) is 0 Å². The van der Waals surface area contributed by atoms with Crippen molar-refractivity contribution < 1.29 is 14.3 Å². The molecule has 1 saturated carbocycles. The van der Waals surface area contributed by atoms with Crippen molar-refractivity contribution in [1.29, 1.82) is 0 Å². The van der Waals surface area contributed by atoms with Crippen LogP contribution in [0.2, 0.25) is 0 Å². The van der Waals surface area contributed by atoms with Gasteiger partial charge >= 0.3 is 6.09 Å². The SMILES string of the molecule is CCN(CCN(C)C(=O)OC(C)(C)C)C(=O)C1(C)CCC1. The van der Waals surface area contributed by atoms with Crippen molar-refractivity contribution in [3.8, 4) is 0 Å². The van der Waals surface area contributed by atoms with Gasteiger partial charge in [0, 0.05) is 32.1 Å². The average Bonchev–Trinajstić information content (AvgIpc) is 2.33. The lowest BCUT2D eigenvalue weighted by atomic mass is 9.69. The summed E-state index contributed by atoms with van der Waals surface area (Å²) in [5.41, 5.74) is -0.675. The molecule has 0 spiro atoms. The highest BCUT2D eigenvalue weighted by molar-refractivity contribution is 5.83. The fourth-order valence-electron chi connectivity index (χ4n) is 2.41. The minimum Gasteiger partial charge on any atom is -0.444 e. The number of hydrogen-bond acceptors (Lipinski definition) is 3. The van der Waals surface area contributed by atoms with E-state index in [1.54, 1.807) is 7.05 Å². The molecule has 1 aliphatic carbocycles. The molecule has 21 heavy (non-hydrogen) atoms. The van der Waals surface area contributed by atoms with Gasteiger partial charge in [-0.15, -0.1) is 0 Å². The Balaban J connectivity index is 2.47. The Hall–Kier alpha value is -1.26. The van der Waals surface area contributed by atoms with Crippen molar-refractivity contribution in [2.45, 2.75) is 59.5 Å². The molecule has 122 valence electrons. The monoisotopic (exact) mass is 298 g/mol. The first kappa shape index (κ1) is 17.8. The smallest absolute Gasteiger partial charge is 0.410 e. The van der Waals surface area contributed by atoms with E-state index in [0.29, 0.717) is 19.6 Å². The standard InChI is InChI=1S/C16H30N2O3/c1-7-18(13(19)16(5)9-8-10-16)12-11-17(6)14(20)21-15(2,3)4/h7-12H2,1-6H3. The van der Waals surface area contributed by atoms with Crippen molar-refractivity contribution >= 4 is 12.0 Å². The van der Waals surface area contributed by atoms with Crippen molar-refractivity contribution in [2.75, 3.05) is 26.7 Å². The van der Waals surface area contributed by atoms with E-state index in [2.05, 4.69) is 0 Å². The molecule has 1 aliphatic rings. The molecule has 0 aliphatic heterocycles. The maximum absolute atomic E-state index is 12.5. The number of carbonyl (C=O) groups is 2. The molecule has 1 rings (SSSR count). The number of likely N-dealkylation sites (N-methyl/N-ethyl adjacent to an activating group) is 2. The normalized spacial score (nSPS) is 16.9. The van der Waals surface area contributed by atoms with Gasteiger partial charge in [-0.25, -0.2) is 4.79 Å². The fraction of sp³-hybridized carbons (Fsp3) is 0.875. The molecule has 0 atom stereocenters. The van der Waals surface area contributed by atoms with E-state index in [-0.39, 0.29) is 17.4 Å². The Morgan fingerprint density at radius 2 is 1.76 bits per heavy atom. The second-order valence-corrected chi connectivity index (χ2v) is 7.20. The quantitative estimate of drug-likeness (QED) is 0.784. The van der Waals surface area contributed by atoms with E-state index in [1.165, 1.54) is 4.90 Å². The van der Waals surface area contributed by atoms with Crippen LogP contribution in [0.25, 0.3) is 0 Å². The Morgan fingerprint density at radius 1 is 1.19 bits per heavy atom. The van der Waals surface area contributed by atoms with Gasteiger partial charge in [-0.2, -0.15) is 0 Å². The van der Waals surface area contributed by atoms with Crippen molar-refractivity contribution in [1.82, 2.24) is 9.80 Å². The van der Waals surface area contributed by atoms with E-state index in [0.717, 1.165) is 19.3 Å². The molecule has 0 saturated heterocycles. The Labute approximate surface area is 128 Å². The molecule has 0 aromatic heterocycles. The Kier molecular flexibility index (Phi) is 5.65. The van der Waals surface area contributed by atoms with Gasteiger partial charge in [0.05, 0.1) is 0 Å². The molecule has 0 radical (unpaired) electrons. The van der Waals surface area contributed by atoms with Crippen LogP contribution in [0, 0.1) is 5.41 Å². The molecule has 0 aromatic rings. The molecule has 2 amide bonds. The van der Waals surface area contributed by atoms with Crippen LogP contribution in [0.1, 0.15) is 53.9 Å². The minimum atomic E-state index is -0.495. The van der Waals surface area contributed by atoms with Crippen LogP contribution in [0.5, 0.6) is 0 Å². The third kappa shape index (κ3) is 4.90. The predicted octanol–water partition coefficient (Wildman–Crippen LogP) is 2.89. The lowest BCUT2D eigenvalue weighted by molar-refractivity contribution is -0.146. The maximum atomic E-state index is 12.5. The van der Waals surface area contributed by atoms with Crippen molar-refractivity contribution in [3.63, 3.8) is 0 Å². The van der Waals surface area contributed by atoms with Gasteiger partial charge in [-0.05, 0) is 40.5 Å². The van der Waals surface area contributed by atoms with Crippen LogP contribution in [0.3, 0.4) is 0 Å². The van der Waals surface area contributed by atoms with Crippen LogP contribution >= 0.6 is 0 Å². The molecule has 0 N–H and O–H groups in total. The molecule has 5 heteroatoms. The number of carbonyl (C=O) groups excluding carboxylic acids is 2. The minimum absolute atomic E-state index is 0.180. The highest BCUT2D eigenvalue weighted by Gasteiger charge is 2.41. The molecule has 0 heterocycles. The zero-order valence-corrected chi connectivity index (χ0v) is 14.4. The summed E-state index contributed by atoms with van der Waals surface area (Å²) < 4.78 is 5.31. The van der Waals surface area contributed by atoms with E-state index in [4.69, 9.17) is 4.74 Å². The largest absolute Gasteiger partial charge is 0.444 e. The van der Waals surface area contributed by atoms with Gasteiger partial charge in [0.2, 0.25) is 5.91 Å². The third-order valence-corrected chi connectivity index (χ3v) is 4.05. The van der Waals surface area contributed by atoms with Crippen LogP contribution < -0.4 is 0 Å². The predicted molar refractivity (Wildman–Crippen MR) is 83.1 cm³/mol. The third-order valence-electron chi connectivity index (χ3n) is 4.05.